The van der Waals surface area contributed by atoms with E-state index >= 15 is 0 Å². The molecule has 0 N–H and O–H groups in total. The monoisotopic (exact) mass is 335 g/mol. The number of ether oxygens (including phenoxy) is 1. The average Bonchev–Trinajstić information content (AvgIpc) is 2.52. The molecule has 0 heterocycles. The van der Waals surface area contributed by atoms with Crippen molar-refractivity contribution in [3.8, 4) is 0 Å². The van der Waals surface area contributed by atoms with E-state index in [-0.39, 0.29) is 16.5 Å². The van der Waals surface area contributed by atoms with Crippen molar-refractivity contribution in [1.29, 1.82) is 0 Å². The molecular weight excluding hydrogens is 321 g/mol. The summed E-state index contributed by atoms with van der Waals surface area (Å²) in [6.07, 6.45) is -1.10. The number of rotatable bonds is 4. The van der Waals surface area contributed by atoms with Crippen LogP contribution in [-0.4, -0.2) is 30.9 Å². The molecule has 0 saturated heterocycles. The number of nitrogens with zero attached hydrogens (tertiary/aromatic N) is 1. The molecule has 0 unspecified atom stereocenters. The second-order valence-corrected chi connectivity index (χ2v) is 5.46. The van der Waals surface area contributed by atoms with E-state index in [0.29, 0.717) is 5.56 Å². The van der Waals surface area contributed by atoms with Crippen LogP contribution in [0.1, 0.15) is 22.0 Å². The summed E-state index contributed by atoms with van der Waals surface area (Å²) in [5.41, 5.74) is 0.540. The van der Waals surface area contributed by atoms with Crippen LogP contribution in [0.5, 0.6) is 0 Å². The third-order valence-corrected chi connectivity index (χ3v) is 3.46. The first-order valence-corrected chi connectivity index (χ1v) is 7.20. The van der Waals surface area contributed by atoms with Gasteiger partial charge in [0.1, 0.15) is 5.82 Å². The molecule has 4 nitrogen and oxygen atoms in total. The van der Waals surface area contributed by atoms with Gasteiger partial charge >= 0.3 is 5.97 Å². The second-order valence-electron chi connectivity index (χ2n) is 5.05. The van der Waals surface area contributed by atoms with Gasteiger partial charge in [0.25, 0.3) is 5.91 Å². The Balaban J connectivity index is 2.30. The predicted molar refractivity (Wildman–Crippen MR) is 84.7 cm³/mol. The molecule has 0 aliphatic heterocycles. The van der Waals surface area contributed by atoms with Crippen molar-refractivity contribution >= 4 is 23.5 Å². The molecule has 0 radical (unpaired) electrons. The van der Waals surface area contributed by atoms with Gasteiger partial charge in [-0.1, -0.05) is 41.9 Å². The molecule has 120 valence electrons. The van der Waals surface area contributed by atoms with Gasteiger partial charge in [-0.05, 0) is 18.2 Å². The minimum atomic E-state index is -1.10. The summed E-state index contributed by atoms with van der Waals surface area (Å²) in [6.45, 7) is 0. The van der Waals surface area contributed by atoms with Gasteiger partial charge in [-0.2, -0.15) is 0 Å². The maximum atomic E-state index is 13.1. The number of halogens is 2. The van der Waals surface area contributed by atoms with Gasteiger partial charge in [0, 0.05) is 19.7 Å². The Hall–Kier alpha value is -2.40. The third kappa shape index (κ3) is 4.07. The highest BCUT2D eigenvalue weighted by Gasteiger charge is 2.27. The number of carbonyl (C=O) groups excluding carboxylic acids is 2. The van der Waals surface area contributed by atoms with Crippen LogP contribution < -0.4 is 0 Å². The first kappa shape index (κ1) is 17.0. The fourth-order valence-corrected chi connectivity index (χ4v) is 2.19. The van der Waals surface area contributed by atoms with E-state index in [1.165, 1.54) is 11.0 Å². The maximum Gasteiger partial charge on any atom is 0.340 e. The molecule has 2 rings (SSSR count). The van der Waals surface area contributed by atoms with E-state index in [4.69, 9.17) is 16.3 Å². The van der Waals surface area contributed by atoms with Gasteiger partial charge in [-0.25, -0.2) is 9.18 Å². The van der Waals surface area contributed by atoms with Crippen LogP contribution in [0, 0.1) is 5.82 Å². The molecule has 0 aromatic heterocycles. The van der Waals surface area contributed by atoms with Crippen molar-refractivity contribution in [2.24, 2.45) is 0 Å². The van der Waals surface area contributed by atoms with E-state index in [0.717, 1.165) is 12.1 Å². The Bertz CT molecular complexity index is 719. The Morgan fingerprint density at radius 2 is 1.78 bits per heavy atom. The topological polar surface area (TPSA) is 46.6 Å². The Morgan fingerprint density at radius 1 is 1.13 bits per heavy atom. The van der Waals surface area contributed by atoms with Crippen molar-refractivity contribution in [1.82, 2.24) is 4.90 Å². The van der Waals surface area contributed by atoms with Gasteiger partial charge in [0.15, 0.2) is 0 Å². The Labute approximate surface area is 138 Å². The SMILES string of the molecule is CN(C)C(=O)[C@H](OC(=O)c1ccc(F)cc1Cl)c1ccccc1. The molecule has 23 heavy (non-hydrogen) atoms. The normalized spacial score (nSPS) is 11.7. The van der Waals surface area contributed by atoms with Gasteiger partial charge in [0.05, 0.1) is 10.6 Å². The molecule has 2 aromatic carbocycles. The summed E-state index contributed by atoms with van der Waals surface area (Å²) >= 11 is 5.86. The summed E-state index contributed by atoms with van der Waals surface area (Å²) in [5.74, 6) is -1.74. The molecule has 1 amide bonds. The fraction of sp³-hybridized carbons (Fsp3) is 0.176. The van der Waals surface area contributed by atoms with Gasteiger partial charge < -0.3 is 9.64 Å². The van der Waals surface area contributed by atoms with Crippen molar-refractivity contribution in [3.63, 3.8) is 0 Å². The van der Waals surface area contributed by atoms with Crippen LogP contribution in [-0.2, 0) is 9.53 Å². The molecule has 0 aliphatic carbocycles. The van der Waals surface area contributed by atoms with Crippen LogP contribution >= 0.6 is 11.6 Å². The van der Waals surface area contributed by atoms with E-state index in [1.807, 2.05) is 0 Å². The molecule has 0 fully saturated rings. The highest BCUT2D eigenvalue weighted by Crippen LogP contribution is 2.24. The molecule has 0 bridgehead atoms. The van der Waals surface area contributed by atoms with Gasteiger partial charge in [-0.3, -0.25) is 4.79 Å². The lowest BCUT2D eigenvalue weighted by Crippen LogP contribution is -2.31. The minimum Gasteiger partial charge on any atom is -0.444 e. The molecule has 6 heteroatoms. The van der Waals surface area contributed by atoms with Crippen LogP contribution in [0.15, 0.2) is 48.5 Å². The summed E-state index contributed by atoms with van der Waals surface area (Å²) in [4.78, 5) is 25.9. The fourth-order valence-electron chi connectivity index (χ4n) is 1.95. The summed E-state index contributed by atoms with van der Waals surface area (Å²) in [7, 11) is 3.13. The molecule has 1 atom stereocenters. The first-order chi connectivity index (χ1) is 10.9. The summed E-state index contributed by atoms with van der Waals surface area (Å²) < 4.78 is 18.4. The Morgan fingerprint density at radius 3 is 2.35 bits per heavy atom. The van der Waals surface area contributed by atoms with Crippen LogP contribution in [0.3, 0.4) is 0 Å². The number of hydrogen-bond donors (Lipinski definition) is 0. The average molecular weight is 336 g/mol. The van der Waals surface area contributed by atoms with Gasteiger partial charge in [-0.15, -0.1) is 0 Å². The standard InChI is InChI=1S/C17H15ClFNO3/c1-20(2)16(21)15(11-6-4-3-5-7-11)23-17(22)13-9-8-12(19)10-14(13)18/h3-10,15H,1-2H3/t15-/m1/s1. The number of hydrogen-bond acceptors (Lipinski definition) is 3. The molecule has 0 spiro atoms. The zero-order valence-electron chi connectivity index (χ0n) is 12.6. The Kier molecular flexibility index (Phi) is 5.34. The van der Waals surface area contributed by atoms with Gasteiger partial charge in [0.2, 0.25) is 6.10 Å². The molecule has 2 aromatic rings. The summed E-state index contributed by atoms with van der Waals surface area (Å²) in [6, 6.07) is 12.0. The molecule has 0 saturated carbocycles. The van der Waals surface area contributed by atoms with Crippen LogP contribution in [0.2, 0.25) is 5.02 Å². The number of esters is 1. The van der Waals surface area contributed by atoms with E-state index < -0.39 is 17.9 Å². The second kappa shape index (κ2) is 7.24. The van der Waals surface area contributed by atoms with Crippen molar-refractivity contribution in [2.45, 2.75) is 6.10 Å². The highest BCUT2D eigenvalue weighted by atomic mass is 35.5. The summed E-state index contributed by atoms with van der Waals surface area (Å²) in [5, 5.41) is -0.0703. The van der Waals surface area contributed by atoms with Crippen LogP contribution in [0.4, 0.5) is 4.39 Å². The number of benzene rings is 2. The predicted octanol–water partition coefficient (Wildman–Crippen LogP) is 3.47. The zero-order valence-corrected chi connectivity index (χ0v) is 13.4. The third-order valence-electron chi connectivity index (χ3n) is 3.14. The smallest absolute Gasteiger partial charge is 0.340 e. The maximum absolute atomic E-state index is 13.1. The minimum absolute atomic E-state index is 0.000513. The number of carbonyl (C=O) groups is 2. The van der Waals surface area contributed by atoms with E-state index in [2.05, 4.69) is 0 Å². The largest absolute Gasteiger partial charge is 0.444 e. The lowest BCUT2D eigenvalue weighted by molar-refractivity contribution is -0.138. The van der Waals surface area contributed by atoms with Crippen molar-refractivity contribution in [3.05, 3.63) is 70.5 Å². The molecular formula is C17H15ClFNO3. The van der Waals surface area contributed by atoms with E-state index in [9.17, 15) is 14.0 Å². The highest BCUT2D eigenvalue weighted by molar-refractivity contribution is 6.33. The lowest BCUT2D eigenvalue weighted by atomic mass is 10.1. The number of amides is 1. The molecule has 0 aliphatic rings. The van der Waals surface area contributed by atoms with E-state index in [1.54, 1.807) is 44.4 Å². The zero-order chi connectivity index (χ0) is 17.0. The lowest BCUT2D eigenvalue weighted by Gasteiger charge is -2.21. The number of likely N-dealkylation sites (N-methyl/N-ethyl adjacent to an activating group) is 1. The van der Waals surface area contributed by atoms with Crippen LogP contribution in [0.25, 0.3) is 0 Å². The first-order valence-electron chi connectivity index (χ1n) is 6.82. The van der Waals surface area contributed by atoms with Crippen molar-refractivity contribution in [2.75, 3.05) is 14.1 Å². The van der Waals surface area contributed by atoms with Crippen molar-refractivity contribution < 1.29 is 18.7 Å². The quantitative estimate of drug-likeness (QED) is 0.804.